The van der Waals surface area contributed by atoms with Gasteiger partial charge in [-0.25, -0.2) is 0 Å². The van der Waals surface area contributed by atoms with Crippen molar-refractivity contribution in [3.05, 3.63) is 34.9 Å². The van der Waals surface area contributed by atoms with Gasteiger partial charge >= 0.3 is 0 Å². The van der Waals surface area contributed by atoms with Crippen molar-refractivity contribution in [2.75, 3.05) is 6.54 Å². The van der Waals surface area contributed by atoms with Crippen molar-refractivity contribution < 1.29 is 0 Å². The Morgan fingerprint density at radius 1 is 1.10 bits per heavy atom. The van der Waals surface area contributed by atoms with E-state index in [1.807, 2.05) is 0 Å². The van der Waals surface area contributed by atoms with E-state index in [1.165, 1.54) is 62.5 Å². The summed E-state index contributed by atoms with van der Waals surface area (Å²) in [4.78, 5) is 0. The molecule has 1 heteroatoms. The van der Waals surface area contributed by atoms with Crippen molar-refractivity contribution in [1.29, 1.82) is 0 Å². The van der Waals surface area contributed by atoms with Gasteiger partial charge in [-0.15, -0.1) is 0 Å². The van der Waals surface area contributed by atoms with Crippen LogP contribution >= 0.6 is 0 Å². The second-order valence-corrected chi connectivity index (χ2v) is 6.97. The van der Waals surface area contributed by atoms with Crippen molar-refractivity contribution in [2.45, 2.75) is 78.2 Å². The van der Waals surface area contributed by atoms with Gasteiger partial charge in [0.25, 0.3) is 0 Å². The van der Waals surface area contributed by atoms with Gasteiger partial charge in [0, 0.05) is 6.04 Å². The Morgan fingerprint density at radius 2 is 1.76 bits per heavy atom. The van der Waals surface area contributed by atoms with E-state index in [2.05, 4.69) is 44.3 Å². The molecule has 1 aliphatic rings. The minimum Gasteiger partial charge on any atom is -0.314 e. The molecule has 1 nitrogen and oxygen atoms in total. The van der Waals surface area contributed by atoms with Crippen LogP contribution in [0.1, 0.15) is 68.6 Å². The third kappa shape index (κ3) is 5.14. The highest BCUT2D eigenvalue weighted by molar-refractivity contribution is 5.34. The Morgan fingerprint density at radius 3 is 2.38 bits per heavy atom. The van der Waals surface area contributed by atoms with Crippen molar-refractivity contribution in [2.24, 2.45) is 5.92 Å². The van der Waals surface area contributed by atoms with E-state index in [9.17, 15) is 0 Å². The molecule has 21 heavy (non-hydrogen) atoms. The third-order valence-electron chi connectivity index (χ3n) is 5.12. The van der Waals surface area contributed by atoms with Crippen LogP contribution in [0.4, 0.5) is 0 Å². The molecule has 1 unspecified atom stereocenters. The number of hydrogen-bond acceptors (Lipinski definition) is 1. The highest BCUT2D eigenvalue weighted by Crippen LogP contribution is 2.28. The summed E-state index contributed by atoms with van der Waals surface area (Å²) < 4.78 is 0. The molecule has 1 saturated carbocycles. The van der Waals surface area contributed by atoms with Gasteiger partial charge in [-0.2, -0.15) is 0 Å². The van der Waals surface area contributed by atoms with Crippen LogP contribution in [0, 0.1) is 19.8 Å². The average Bonchev–Trinajstić information content (AvgIpc) is 2.49. The van der Waals surface area contributed by atoms with Gasteiger partial charge < -0.3 is 5.32 Å². The maximum atomic E-state index is 3.82. The second kappa shape index (κ2) is 8.58. The first kappa shape index (κ1) is 16.5. The zero-order valence-corrected chi connectivity index (χ0v) is 14.3. The Kier molecular flexibility index (Phi) is 6.76. The van der Waals surface area contributed by atoms with E-state index in [-0.39, 0.29) is 0 Å². The molecule has 0 heterocycles. The topological polar surface area (TPSA) is 12.0 Å². The lowest BCUT2D eigenvalue weighted by molar-refractivity contribution is 0.296. The number of hydrogen-bond donors (Lipinski definition) is 1. The Balaban J connectivity index is 2.01. The fourth-order valence-corrected chi connectivity index (χ4v) is 3.83. The van der Waals surface area contributed by atoms with Crippen LogP contribution in [-0.4, -0.2) is 12.6 Å². The zero-order chi connectivity index (χ0) is 15.1. The van der Waals surface area contributed by atoms with Gasteiger partial charge in [-0.3, -0.25) is 0 Å². The number of benzene rings is 1. The van der Waals surface area contributed by atoms with Crippen molar-refractivity contribution >= 4 is 0 Å². The van der Waals surface area contributed by atoms with E-state index in [0.29, 0.717) is 6.04 Å². The molecule has 2 rings (SSSR count). The molecule has 1 aliphatic carbocycles. The molecule has 118 valence electrons. The quantitative estimate of drug-likeness (QED) is 0.728. The first-order chi connectivity index (χ1) is 10.2. The summed E-state index contributed by atoms with van der Waals surface area (Å²) in [6.45, 7) is 7.95. The summed E-state index contributed by atoms with van der Waals surface area (Å²) in [6, 6.07) is 7.37. The number of nitrogens with one attached hydrogen (secondary N) is 1. The molecule has 0 aliphatic heterocycles. The molecule has 0 radical (unpaired) electrons. The van der Waals surface area contributed by atoms with Gasteiger partial charge in [-0.05, 0) is 62.3 Å². The fourth-order valence-electron chi connectivity index (χ4n) is 3.83. The summed E-state index contributed by atoms with van der Waals surface area (Å²) in [5, 5.41) is 3.82. The van der Waals surface area contributed by atoms with Gasteiger partial charge in [0.05, 0.1) is 0 Å². The lowest BCUT2D eigenvalue weighted by Crippen LogP contribution is -2.34. The standard InChI is InChI=1S/C20H33N/c1-4-13-21-19(14-18-11-6-5-7-12-18)15-20-16(2)9-8-10-17(20)3/h8-10,18-19,21H,4-7,11-15H2,1-3H3. The van der Waals surface area contributed by atoms with E-state index >= 15 is 0 Å². The SMILES string of the molecule is CCCNC(Cc1c(C)cccc1C)CC1CCCCC1. The summed E-state index contributed by atoms with van der Waals surface area (Å²) in [5.41, 5.74) is 4.49. The molecule has 0 spiro atoms. The molecule has 1 atom stereocenters. The minimum atomic E-state index is 0.660. The van der Waals surface area contributed by atoms with Crippen molar-refractivity contribution in [3.63, 3.8) is 0 Å². The van der Waals surface area contributed by atoms with Gasteiger partial charge in [0.2, 0.25) is 0 Å². The average molecular weight is 287 g/mol. The summed E-state index contributed by atoms with van der Waals surface area (Å²) in [5.74, 6) is 0.956. The van der Waals surface area contributed by atoms with Crippen LogP contribution < -0.4 is 5.32 Å². The molecule has 0 bridgehead atoms. The fraction of sp³-hybridized carbons (Fsp3) is 0.700. The highest BCUT2D eigenvalue weighted by Gasteiger charge is 2.20. The lowest BCUT2D eigenvalue weighted by Gasteiger charge is -2.28. The lowest BCUT2D eigenvalue weighted by atomic mass is 9.83. The van der Waals surface area contributed by atoms with Crippen molar-refractivity contribution in [1.82, 2.24) is 5.32 Å². The van der Waals surface area contributed by atoms with Gasteiger partial charge in [0.1, 0.15) is 0 Å². The maximum Gasteiger partial charge on any atom is 0.0110 e. The number of aryl methyl sites for hydroxylation is 2. The number of rotatable bonds is 7. The summed E-state index contributed by atoms with van der Waals surface area (Å²) in [6.07, 6.45) is 11.1. The molecule has 1 N–H and O–H groups in total. The molecule has 1 aromatic carbocycles. The predicted octanol–water partition coefficient (Wildman–Crippen LogP) is 5.18. The monoisotopic (exact) mass is 287 g/mol. The first-order valence-corrected chi connectivity index (χ1v) is 8.99. The minimum absolute atomic E-state index is 0.660. The first-order valence-electron chi connectivity index (χ1n) is 8.99. The van der Waals surface area contributed by atoms with Crippen LogP contribution in [0.2, 0.25) is 0 Å². The summed E-state index contributed by atoms with van der Waals surface area (Å²) >= 11 is 0. The van der Waals surface area contributed by atoms with Crippen molar-refractivity contribution in [3.8, 4) is 0 Å². The normalized spacial score (nSPS) is 17.9. The van der Waals surface area contributed by atoms with E-state index in [1.54, 1.807) is 5.56 Å². The van der Waals surface area contributed by atoms with Crippen LogP contribution in [0.3, 0.4) is 0 Å². The molecular formula is C20H33N. The van der Waals surface area contributed by atoms with Gasteiger partial charge in [-0.1, -0.05) is 57.2 Å². The molecular weight excluding hydrogens is 254 g/mol. The van der Waals surface area contributed by atoms with Crippen LogP contribution in [0.5, 0.6) is 0 Å². The molecule has 0 aromatic heterocycles. The van der Waals surface area contributed by atoms with Gasteiger partial charge in [0.15, 0.2) is 0 Å². The van der Waals surface area contributed by atoms with E-state index < -0.39 is 0 Å². The Labute approximate surface area is 131 Å². The smallest absolute Gasteiger partial charge is 0.0110 e. The molecule has 0 amide bonds. The zero-order valence-electron chi connectivity index (χ0n) is 14.3. The Hall–Kier alpha value is -0.820. The van der Waals surface area contributed by atoms with Crippen LogP contribution in [0.25, 0.3) is 0 Å². The maximum absolute atomic E-state index is 3.82. The highest BCUT2D eigenvalue weighted by atomic mass is 14.9. The van der Waals surface area contributed by atoms with Crippen LogP contribution in [-0.2, 0) is 6.42 Å². The van der Waals surface area contributed by atoms with Crippen LogP contribution in [0.15, 0.2) is 18.2 Å². The molecule has 0 saturated heterocycles. The predicted molar refractivity (Wildman–Crippen MR) is 92.9 cm³/mol. The summed E-state index contributed by atoms with van der Waals surface area (Å²) in [7, 11) is 0. The largest absolute Gasteiger partial charge is 0.314 e. The van der Waals surface area contributed by atoms with E-state index in [4.69, 9.17) is 0 Å². The molecule has 1 aromatic rings. The Bertz CT molecular complexity index is 398. The molecule has 1 fully saturated rings. The second-order valence-electron chi connectivity index (χ2n) is 6.97. The third-order valence-corrected chi connectivity index (χ3v) is 5.12. The van der Waals surface area contributed by atoms with E-state index in [0.717, 1.165) is 12.5 Å².